The molecule has 8 rings (SSSR count). The highest BCUT2D eigenvalue weighted by Gasteiger charge is 2.49. The molecule has 2 bridgehead atoms. The number of anilines is 1. The third-order valence-corrected chi connectivity index (χ3v) is 9.39. The Bertz CT molecular complexity index is 1560. The Kier molecular flexibility index (Phi) is 7.13. The number of rotatable bonds is 10. The van der Waals surface area contributed by atoms with Crippen LogP contribution in [0.25, 0.3) is 11.0 Å². The first-order valence-electron chi connectivity index (χ1n) is 14.8. The summed E-state index contributed by atoms with van der Waals surface area (Å²) in [5.41, 5.74) is 1.99. The van der Waals surface area contributed by atoms with Crippen molar-refractivity contribution >= 4 is 28.7 Å². The number of pyridine rings is 3. The van der Waals surface area contributed by atoms with Crippen LogP contribution in [0, 0.1) is 17.7 Å². The van der Waals surface area contributed by atoms with Gasteiger partial charge in [0.1, 0.15) is 5.82 Å². The summed E-state index contributed by atoms with van der Waals surface area (Å²) in [5, 5.41) is 6.42. The molecule has 226 valence electrons. The minimum atomic E-state index is -0.386. The smallest absolute Gasteiger partial charge is 0.309 e. The van der Waals surface area contributed by atoms with Gasteiger partial charge in [0.2, 0.25) is 5.88 Å². The summed E-state index contributed by atoms with van der Waals surface area (Å²) in [4.78, 5) is 36.7. The van der Waals surface area contributed by atoms with Gasteiger partial charge < -0.3 is 29.6 Å². The van der Waals surface area contributed by atoms with E-state index in [9.17, 15) is 9.59 Å². The Morgan fingerprint density at radius 1 is 1.19 bits per heavy atom. The molecule has 0 radical (unpaired) electrons. The van der Waals surface area contributed by atoms with Gasteiger partial charge in [0.25, 0.3) is 5.91 Å². The molecule has 2 aliphatic carbocycles. The quantitative estimate of drug-likeness (QED) is 0.338. The summed E-state index contributed by atoms with van der Waals surface area (Å²) >= 11 is 0. The molecule has 12 heteroatoms. The number of carbonyl (C=O) groups is 2. The maximum atomic E-state index is 15.1. The second-order valence-corrected chi connectivity index (χ2v) is 12.1. The Hall–Kier alpha value is -3.90. The molecule has 2 N–H and O–H groups in total. The van der Waals surface area contributed by atoms with E-state index in [1.165, 1.54) is 13.3 Å². The van der Waals surface area contributed by atoms with E-state index >= 15 is 4.39 Å². The summed E-state index contributed by atoms with van der Waals surface area (Å²) in [6.45, 7) is 1.48. The van der Waals surface area contributed by atoms with Crippen molar-refractivity contribution in [3.05, 3.63) is 47.5 Å². The van der Waals surface area contributed by atoms with Crippen LogP contribution in [0.4, 0.5) is 10.2 Å². The molecule has 11 nitrogen and oxygen atoms in total. The van der Waals surface area contributed by atoms with Gasteiger partial charge in [0.05, 0.1) is 54.8 Å². The number of halogens is 1. The highest BCUT2D eigenvalue weighted by Crippen LogP contribution is 2.46. The van der Waals surface area contributed by atoms with Crippen LogP contribution in [0.15, 0.2) is 30.5 Å². The number of aromatic nitrogens is 3. The van der Waals surface area contributed by atoms with Gasteiger partial charge in [-0.2, -0.15) is 0 Å². The summed E-state index contributed by atoms with van der Waals surface area (Å²) in [7, 11) is 1.39. The van der Waals surface area contributed by atoms with E-state index in [4.69, 9.17) is 18.9 Å². The first-order chi connectivity index (χ1) is 20.8. The van der Waals surface area contributed by atoms with Gasteiger partial charge in [0.15, 0.2) is 18.2 Å². The summed E-state index contributed by atoms with van der Waals surface area (Å²) < 4.78 is 37.7. The second kappa shape index (κ2) is 11.0. The SMILES string of the molecule is COC(=O)[C@@H]1C[C@@H]1COc1ccc2ncc(F)c(CCC34CCC(NCc5ccc6c(n5)NC(=O)CO6)(CC3)CO4)c2n1. The minimum Gasteiger partial charge on any atom is -0.480 e. The molecule has 3 aliphatic heterocycles. The topological polar surface area (TPSA) is 134 Å². The number of hydrogen-bond acceptors (Lipinski definition) is 10. The molecule has 6 heterocycles. The average molecular weight is 592 g/mol. The molecular weight excluding hydrogens is 557 g/mol. The first-order valence-corrected chi connectivity index (χ1v) is 14.8. The van der Waals surface area contributed by atoms with Crippen molar-refractivity contribution in [1.82, 2.24) is 20.3 Å². The summed E-state index contributed by atoms with van der Waals surface area (Å²) in [6, 6.07) is 7.26. The van der Waals surface area contributed by atoms with Crippen LogP contribution in [-0.2, 0) is 32.0 Å². The van der Waals surface area contributed by atoms with Crippen LogP contribution >= 0.6 is 0 Å². The third kappa shape index (κ3) is 5.61. The normalized spacial score (nSPS) is 27.3. The monoisotopic (exact) mass is 591 g/mol. The molecule has 3 aromatic heterocycles. The fraction of sp³-hybridized carbons (Fsp3) is 0.516. The third-order valence-electron chi connectivity index (χ3n) is 9.39. The number of aryl methyl sites for hydroxylation is 1. The summed E-state index contributed by atoms with van der Waals surface area (Å²) in [6.07, 6.45) is 6.78. The molecule has 5 aliphatic rings. The number of ether oxygens (including phenoxy) is 4. The number of methoxy groups -OCH3 is 1. The zero-order valence-electron chi connectivity index (χ0n) is 24.0. The molecule has 1 amide bonds. The highest BCUT2D eigenvalue weighted by atomic mass is 19.1. The number of carbonyl (C=O) groups excluding carboxylic acids is 2. The lowest BCUT2D eigenvalue weighted by Crippen LogP contribution is -2.61. The lowest BCUT2D eigenvalue weighted by Gasteiger charge is -2.53. The Morgan fingerprint density at radius 3 is 2.84 bits per heavy atom. The standard InChI is InChI=1S/C31H34FN5O6/c1-40-29(39)21-12-18(21)15-42-26-5-3-23-27(37-26)20(22(32)14-33-23)6-7-31-10-8-30(9-11-31,17-43-31)34-13-19-2-4-24-28(35-19)36-25(38)16-41-24/h2-5,14,18,21,34H,6-13,15-17H2,1H3,(H,35,36,38)/t18-,21-,30?,31?/m1/s1. The molecule has 0 unspecified atom stereocenters. The second-order valence-electron chi connectivity index (χ2n) is 12.1. The average Bonchev–Trinajstić information content (AvgIpc) is 3.82. The summed E-state index contributed by atoms with van der Waals surface area (Å²) in [5.74, 6) is 0.594. The van der Waals surface area contributed by atoms with Gasteiger partial charge in [-0.15, -0.1) is 0 Å². The van der Waals surface area contributed by atoms with Crippen LogP contribution in [0.3, 0.4) is 0 Å². The predicted octanol–water partition coefficient (Wildman–Crippen LogP) is 3.49. The number of nitrogens with zero attached hydrogens (tertiary/aromatic N) is 3. The fourth-order valence-electron chi connectivity index (χ4n) is 6.51. The van der Waals surface area contributed by atoms with Crippen LogP contribution < -0.4 is 20.1 Å². The Morgan fingerprint density at radius 2 is 2.05 bits per heavy atom. The van der Waals surface area contributed by atoms with E-state index in [0.717, 1.165) is 37.8 Å². The van der Waals surface area contributed by atoms with E-state index in [-0.39, 0.29) is 47.3 Å². The molecule has 4 fully saturated rings. The van der Waals surface area contributed by atoms with Gasteiger partial charge in [-0.3, -0.25) is 14.6 Å². The molecule has 0 aromatic carbocycles. The van der Waals surface area contributed by atoms with Gasteiger partial charge in [0, 0.05) is 29.6 Å². The fourth-order valence-corrected chi connectivity index (χ4v) is 6.51. The van der Waals surface area contributed by atoms with E-state index in [1.807, 2.05) is 12.1 Å². The molecule has 3 aromatic rings. The zero-order valence-corrected chi connectivity index (χ0v) is 24.0. The van der Waals surface area contributed by atoms with Crippen molar-refractivity contribution in [2.45, 2.75) is 62.6 Å². The Balaban J connectivity index is 0.969. The first kappa shape index (κ1) is 27.9. The van der Waals surface area contributed by atoms with Crippen molar-refractivity contribution in [3.63, 3.8) is 0 Å². The predicted molar refractivity (Wildman–Crippen MR) is 152 cm³/mol. The van der Waals surface area contributed by atoms with Crippen LogP contribution in [0.2, 0.25) is 0 Å². The van der Waals surface area contributed by atoms with E-state index in [2.05, 4.69) is 25.6 Å². The largest absolute Gasteiger partial charge is 0.480 e. The van der Waals surface area contributed by atoms with E-state index < -0.39 is 0 Å². The number of amides is 1. The lowest BCUT2D eigenvalue weighted by atomic mass is 9.69. The van der Waals surface area contributed by atoms with Gasteiger partial charge in [-0.25, -0.2) is 14.4 Å². The number of hydrogen-bond donors (Lipinski definition) is 2. The molecule has 2 saturated heterocycles. The van der Waals surface area contributed by atoms with Gasteiger partial charge >= 0.3 is 5.97 Å². The maximum absolute atomic E-state index is 15.1. The van der Waals surface area contributed by atoms with Crippen molar-refractivity contribution < 1.29 is 32.9 Å². The van der Waals surface area contributed by atoms with Gasteiger partial charge in [-0.1, -0.05) is 0 Å². The maximum Gasteiger partial charge on any atom is 0.309 e. The van der Waals surface area contributed by atoms with Crippen LogP contribution in [0.5, 0.6) is 11.6 Å². The molecule has 2 atom stereocenters. The Labute approximate surface area is 247 Å². The molecular formula is C31H34FN5O6. The molecule has 2 saturated carbocycles. The van der Waals surface area contributed by atoms with Crippen LogP contribution in [0.1, 0.15) is 49.8 Å². The van der Waals surface area contributed by atoms with Crippen molar-refractivity contribution in [3.8, 4) is 11.6 Å². The minimum absolute atomic E-state index is 0.00491. The van der Waals surface area contributed by atoms with E-state index in [1.54, 1.807) is 12.1 Å². The number of esters is 1. The van der Waals surface area contributed by atoms with Crippen LogP contribution in [-0.4, -0.2) is 64.9 Å². The lowest BCUT2D eigenvalue weighted by molar-refractivity contribution is -0.165. The van der Waals surface area contributed by atoms with Crippen molar-refractivity contribution in [2.75, 3.05) is 32.2 Å². The molecule has 43 heavy (non-hydrogen) atoms. The van der Waals surface area contributed by atoms with Crippen molar-refractivity contribution in [2.24, 2.45) is 11.8 Å². The number of nitrogens with one attached hydrogen (secondary N) is 2. The molecule has 0 spiro atoms. The van der Waals surface area contributed by atoms with E-state index in [0.29, 0.717) is 66.6 Å². The van der Waals surface area contributed by atoms with Crippen molar-refractivity contribution in [1.29, 1.82) is 0 Å². The highest BCUT2D eigenvalue weighted by molar-refractivity contribution is 5.94. The zero-order chi connectivity index (χ0) is 29.6. The van der Waals surface area contributed by atoms with Gasteiger partial charge in [-0.05, 0) is 63.1 Å². The number of fused-ring (bicyclic) bond motifs is 5.